The van der Waals surface area contributed by atoms with Gasteiger partial charge in [0.25, 0.3) is 0 Å². The molecule has 1 aromatic heterocycles. The van der Waals surface area contributed by atoms with Crippen molar-refractivity contribution < 1.29 is 9.53 Å². The standard InChI is InChI=1S/C19H18BrN3O2S/c1-13(17-7-2-3-8-18(17)20)22-19(24)23-14-5-4-6-16(9-14)25-10-15-11-26-12-21-15/h2-9,11-13H,10H2,1H3,(H2,22,23,24). The van der Waals surface area contributed by atoms with Crippen molar-refractivity contribution in [2.45, 2.75) is 19.6 Å². The highest BCUT2D eigenvalue weighted by atomic mass is 79.9. The van der Waals surface area contributed by atoms with Crippen molar-refractivity contribution in [3.05, 3.63) is 75.2 Å². The first-order chi connectivity index (χ1) is 12.6. The molecule has 1 atom stereocenters. The van der Waals surface area contributed by atoms with Gasteiger partial charge in [-0.2, -0.15) is 0 Å². The maximum atomic E-state index is 12.3. The quantitative estimate of drug-likeness (QED) is 0.551. The van der Waals surface area contributed by atoms with Crippen molar-refractivity contribution >= 4 is 39.0 Å². The molecule has 0 aliphatic carbocycles. The third kappa shape index (κ3) is 5.06. The number of ether oxygens (including phenoxy) is 1. The first-order valence-electron chi connectivity index (χ1n) is 8.03. The van der Waals surface area contributed by atoms with Crippen LogP contribution in [0.5, 0.6) is 5.75 Å². The summed E-state index contributed by atoms with van der Waals surface area (Å²) in [6, 6.07) is 14.7. The van der Waals surface area contributed by atoms with Crippen molar-refractivity contribution in [2.24, 2.45) is 0 Å². The second-order valence-corrected chi connectivity index (χ2v) is 7.21. The van der Waals surface area contributed by atoms with Crippen LogP contribution in [0, 0.1) is 0 Å². The zero-order valence-corrected chi connectivity index (χ0v) is 16.5. The molecule has 0 saturated heterocycles. The number of nitrogens with zero attached hydrogens (tertiary/aromatic N) is 1. The number of aromatic nitrogens is 1. The Bertz CT molecular complexity index is 871. The number of nitrogens with one attached hydrogen (secondary N) is 2. The van der Waals surface area contributed by atoms with E-state index in [0.717, 1.165) is 15.7 Å². The van der Waals surface area contributed by atoms with E-state index in [1.807, 2.05) is 54.8 Å². The van der Waals surface area contributed by atoms with E-state index < -0.39 is 0 Å². The lowest BCUT2D eigenvalue weighted by Crippen LogP contribution is -2.31. The van der Waals surface area contributed by atoms with Crippen LogP contribution in [0.25, 0.3) is 0 Å². The molecule has 26 heavy (non-hydrogen) atoms. The van der Waals surface area contributed by atoms with Crippen molar-refractivity contribution in [3.8, 4) is 5.75 Å². The van der Waals surface area contributed by atoms with Crippen molar-refractivity contribution in [3.63, 3.8) is 0 Å². The van der Waals surface area contributed by atoms with Gasteiger partial charge in [-0.05, 0) is 30.7 Å². The van der Waals surface area contributed by atoms with Crippen LogP contribution in [-0.2, 0) is 6.61 Å². The number of rotatable bonds is 6. The Morgan fingerprint density at radius 1 is 1.27 bits per heavy atom. The summed E-state index contributed by atoms with van der Waals surface area (Å²) in [5.74, 6) is 0.676. The topological polar surface area (TPSA) is 63.2 Å². The van der Waals surface area contributed by atoms with Crippen LogP contribution < -0.4 is 15.4 Å². The van der Waals surface area contributed by atoms with Crippen LogP contribution in [0.1, 0.15) is 24.2 Å². The Morgan fingerprint density at radius 3 is 2.88 bits per heavy atom. The molecule has 2 N–H and O–H groups in total. The van der Waals surface area contributed by atoms with Crippen LogP contribution in [0.3, 0.4) is 0 Å². The van der Waals surface area contributed by atoms with E-state index in [2.05, 4.69) is 31.5 Å². The maximum absolute atomic E-state index is 12.3. The fourth-order valence-corrected chi connectivity index (χ4v) is 3.57. The average Bonchev–Trinajstić information content (AvgIpc) is 3.14. The van der Waals surface area contributed by atoms with Crippen LogP contribution in [0.4, 0.5) is 10.5 Å². The molecule has 5 nitrogen and oxygen atoms in total. The average molecular weight is 432 g/mol. The molecule has 0 aliphatic rings. The minimum Gasteiger partial charge on any atom is -0.487 e. The zero-order chi connectivity index (χ0) is 18.4. The third-order valence-electron chi connectivity index (χ3n) is 3.68. The van der Waals surface area contributed by atoms with E-state index in [0.29, 0.717) is 18.0 Å². The first kappa shape index (κ1) is 18.4. The Hall–Kier alpha value is -2.38. The number of carbonyl (C=O) groups excluding carboxylic acids is 1. The summed E-state index contributed by atoms with van der Waals surface area (Å²) in [5, 5.41) is 7.71. The molecule has 0 bridgehead atoms. The van der Waals surface area contributed by atoms with Gasteiger partial charge in [0.1, 0.15) is 12.4 Å². The molecule has 134 valence electrons. The molecule has 3 rings (SSSR count). The minimum absolute atomic E-state index is 0.130. The van der Waals surface area contributed by atoms with Crippen LogP contribution in [0.2, 0.25) is 0 Å². The molecule has 0 saturated carbocycles. The van der Waals surface area contributed by atoms with Crippen LogP contribution in [0.15, 0.2) is 63.9 Å². The molecule has 7 heteroatoms. The zero-order valence-electron chi connectivity index (χ0n) is 14.1. The SMILES string of the molecule is CC(NC(=O)Nc1cccc(OCc2cscn2)c1)c1ccccc1Br. The van der Waals surface area contributed by atoms with Gasteiger partial charge in [-0.3, -0.25) is 0 Å². The largest absolute Gasteiger partial charge is 0.487 e. The Kier molecular flexibility index (Phi) is 6.25. The fraction of sp³-hybridized carbons (Fsp3) is 0.158. The Morgan fingerprint density at radius 2 is 2.12 bits per heavy atom. The molecule has 1 heterocycles. The minimum atomic E-state index is -0.273. The smallest absolute Gasteiger partial charge is 0.319 e. The number of hydrogen-bond donors (Lipinski definition) is 2. The predicted molar refractivity (Wildman–Crippen MR) is 108 cm³/mol. The number of thiazole rings is 1. The lowest BCUT2D eigenvalue weighted by molar-refractivity contribution is 0.249. The molecule has 3 aromatic rings. The Balaban J connectivity index is 1.57. The van der Waals surface area contributed by atoms with E-state index in [1.54, 1.807) is 11.6 Å². The number of urea groups is 1. The number of carbonyl (C=O) groups is 1. The second-order valence-electron chi connectivity index (χ2n) is 5.64. The molecule has 2 amide bonds. The lowest BCUT2D eigenvalue weighted by Gasteiger charge is -2.16. The van der Waals surface area contributed by atoms with E-state index in [1.165, 1.54) is 11.3 Å². The van der Waals surface area contributed by atoms with Crippen LogP contribution in [-0.4, -0.2) is 11.0 Å². The third-order valence-corrected chi connectivity index (χ3v) is 5.04. The van der Waals surface area contributed by atoms with Gasteiger partial charge < -0.3 is 15.4 Å². The summed E-state index contributed by atoms with van der Waals surface area (Å²) in [7, 11) is 0. The molecular weight excluding hydrogens is 414 g/mol. The summed E-state index contributed by atoms with van der Waals surface area (Å²) in [4.78, 5) is 16.5. The van der Waals surface area contributed by atoms with Gasteiger partial charge in [-0.1, -0.05) is 40.2 Å². The number of amides is 2. The molecule has 0 fully saturated rings. The number of benzene rings is 2. The fourth-order valence-electron chi connectivity index (χ4n) is 2.40. The van der Waals surface area contributed by atoms with E-state index >= 15 is 0 Å². The van der Waals surface area contributed by atoms with Gasteiger partial charge in [0.2, 0.25) is 0 Å². The summed E-state index contributed by atoms with van der Waals surface area (Å²) in [6.45, 7) is 2.34. The Labute approximate surface area is 164 Å². The van der Waals surface area contributed by atoms with E-state index in [-0.39, 0.29) is 12.1 Å². The van der Waals surface area contributed by atoms with Crippen LogP contribution >= 0.6 is 27.3 Å². The number of anilines is 1. The highest BCUT2D eigenvalue weighted by Crippen LogP contribution is 2.23. The molecule has 1 unspecified atom stereocenters. The second kappa shape index (κ2) is 8.82. The molecule has 0 radical (unpaired) electrons. The molecule has 0 aliphatic heterocycles. The van der Waals surface area contributed by atoms with E-state index in [9.17, 15) is 4.79 Å². The molecule has 2 aromatic carbocycles. The number of halogens is 1. The number of hydrogen-bond acceptors (Lipinski definition) is 4. The van der Waals surface area contributed by atoms with Gasteiger partial charge in [0, 0.05) is 21.6 Å². The van der Waals surface area contributed by atoms with Gasteiger partial charge in [0.15, 0.2) is 0 Å². The highest BCUT2D eigenvalue weighted by Gasteiger charge is 2.12. The van der Waals surface area contributed by atoms with Crippen molar-refractivity contribution in [1.29, 1.82) is 0 Å². The summed E-state index contributed by atoms with van der Waals surface area (Å²) < 4.78 is 6.67. The lowest BCUT2D eigenvalue weighted by atomic mass is 10.1. The summed E-state index contributed by atoms with van der Waals surface area (Å²) in [6.07, 6.45) is 0. The monoisotopic (exact) mass is 431 g/mol. The molecular formula is C19H18BrN3O2S. The van der Waals surface area contributed by atoms with Crippen molar-refractivity contribution in [2.75, 3.05) is 5.32 Å². The molecule has 0 spiro atoms. The normalized spacial score (nSPS) is 11.6. The highest BCUT2D eigenvalue weighted by molar-refractivity contribution is 9.10. The maximum Gasteiger partial charge on any atom is 0.319 e. The van der Waals surface area contributed by atoms with Gasteiger partial charge >= 0.3 is 6.03 Å². The van der Waals surface area contributed by atoms with Crippen molar-refractivity contribution in [1.82, 2.24) is 10.3 Å². The van der Waals surface area contributed by atoms with E-state index in [4.69, 9.17) is 4.74 Å². The summed E-state index contributed by atoms with van der Waals surface area (Å²) >= 11 is 5.04. The first-order valence-corrected chi connectivity index (χ1v) is 9.77. The van der Waals surface area contributed by atoms with Gasteiger partial charge in [-0.25, -0.2) is 9.78 Å². The van der Waals surface area contributed by atoms with Gasteiger partial charge in [0.05, 0.1) is 17.2 Å². The summed E-state index contributed by atoms with van der Waals surface area (Å²) in [5.41, 5.74) is 4.33. The predicted octanol–water partition coefficient (Wildman–Crippen LogP) is 5.37. The van der Waals surface area contributed by atoms with Gasteiger partial charge in [-0.15, -0.1) is 11.3 Å².